The summed E-state index contributed by atoms with van der Waals surface area (Å²) in [6.07, 6.45) is 6.71. The lowest BCUT2D eigenvalue weighted by Crippen LogP contribution is -2.46. The average molecular weight is 213 g/mol. The molecule has 0 aromatic carbocycles. The molecule has 0 aromatic rings. The van der Waals surface area contributed by atoms with Gasteiger partial charge in [-0.1, -0.05) is 26.2 Å². The van der Waals surface area contributed by atoms with Gasteiger partial charge in [0.05, 0.1) is 5.60 Å². The zero-order valence-corrected chi connectivity index (χ0v) is 10.8. The number of likely N-dealkylation sites (N-methyl/N-ethyl adjacent to an activating group) is 1. The Morgan fingerprint density at radius 2 is 1.87 bits per heavy atom. The molecule has 2 nitrogen and oxygen atoms in total. The molecule has 1 aliphatic carbocycles. The summed E-state index contributed by atoms with van der Waals surface area (Å²) in [4.78, 5) is 2.37. The van der Waals surface area contributed by atoms with Gasteiger partial charge in [-0.05, 0) is 39.7 Å². The highest BCUT2D eigenvalue weighted by Crippen LogP contribution is 2.30. The van der Waals surface area contributed by atoms with E-state index in [-0.39, 0.29) is 0 Å². The number of hydrogen-bond acceptors (Lipinski definition) is 2. The van der Waals surface area contributed by atoms with Crippen LogP contribution in [0.15, 0.2) is 0 Å². The average Bonchev–Trinajstić information content (AvgIpc) is 2.15. The predicted octanol–water partition coefficient (Wildman–Crippen LogP) is 2.66. The molecule has 1 N–H and O–H groups in total. The van der Waals surface area contributed by atoms with Gasteiger partial charge in [0.1, 0.15) is 0 Å². The van der Waals surface area contributed by atoms with Crippen LogP contribution < -0.4 is 0 Å². The lowest BCUT2D eigenvalue weighted by molar-refractivity contribution is 0.0124. The van der Waals surface area contributed by atoms with E-state index in [9.17, 15) is 5.11 Å². The first-order valence-corrected chi connectivity index (χ1v) is 6.36. The topological polar surface area (TPSA) is 23.5 Å². The van der Waals surface area contributed by atoms with Crippen LogP contribution in [0.4, 0.5) is 0 Å². The van der Waals surface area contributed by atoms with Crippen molar-refractivity contribution in [2.75, 3.05) is 13.6 Å². The summed E-state index contributed by atoms with van der Waals surface area (Å²) in [5.41, 5.74) is -0.565. The lowest BCUT2D eigenvalue weighted by Gasteiger charge is -2.40. The molecule has 0 amide bonds. The van der Waals surface area contributed by atoms with Gasteiger partial charge in [-0.2, -0.15) is 0 Å². The maximum absolute atomic E-state index is 9.84. The minimum absolute atomic E-state index is 0.565. The molecule has 0 spiro atoms. The summed E-state index contributed by atoms with van der Waals surface area (Å²) in [5.74, 6) is 0.839. The summed E-state index contributed by atoms with van der Waals surface area (Å²) in [5, 5.41) is 9.84. The third kappa shape index (κ3) is 4.12. The molecule has 0 aromatic heterocycles. The van der Waals surface area contributed by atoms with Crippen molar-refractivity contribution in [2.45, 2.75) is 64.5 Å². The van der Waals surface area contributed by atoms with Gasteiger partial charge in [-0.3, -0.25) is 0 Å². The zero-order valence-electron chi connectivity index (χ0n) is 10.8. The Morgan fingerprint density at radius 3 is 2.40 bits per heavy atom. The highest BCUT2D eigenvalue weighted by Gasteiger charge is 2.29. The van der Waals surface area contributed by atoms with Gasteiger partial charge >= 0.3 is 0 Å². The van der Waals surface area contributed by atoms with Crippen molar-refractivity contribution >= 4 is 0 Å². The van der Waals surface area contributed by atoms with Gasteiger partial charge in [0.25, 0.3) is 0 Å². The van der Waals surface area contributed by atoms with Crippen molar-refractivity contribution < 1.29 is 5.11 Å². The van der Waals surface area contributed by atoms with Crippen LogP contribution in [0.5, 0.6) is 0 Å². The maximum Gasteiger partial charge on any atom is 0.0718 e. The normalized spacial score (nSPS) is 28.4. The molecule has 2 unspecified atom stereocenters. The Balaban J connectivity index is 2.52. The van der Waals surface area contributed by atoms with Crippen LogP contribution in [0, 0.1) is 5.92 Å². The Hall–Kier alpha value is -0.0800. The summed E-state index contributed by atoms with van der Waals surface area (Å²) < 4.78 is 0. The smallest absolute Gasteiger partial charge is 0.0718 e. The van der Waals surface area contributed by atoms with Crippen molar-refractivity contribution in [3.8, 4) is 0 Å². The molecule has 1 fully saturated rings. The third-order valence-electron chi connectivity index (χ3n) is 3.60. The monoisotopic (exact) mass is 213 g/mol. The minimum atomic E-state index is -0.565. The summed E-state index contributed by atoms with van der Waals surface area (Å²) in [7, 11) is 2.16. The number of rotatable bonds is 4. The van der Waals surface area contributed by atoms with Crippen molar-refractivity contribution in [3.05, 3.63) is 0 Å². The molecular formula is C13H27NO. The fourth-order valence-corrected chi connectivity index (χ4v) is 2.97. The largest absolute Gasteiger partial charge is 0.389 e. The molecule has 0 bridgehead atoms. The van der Waals surface area contributed by atoms with E-state index < -0.39 is 5.60 Å². The Kier molecular flexibility index (Phi) is 4.60. The first-order chi connectivity index (χ1) is 6.94. The number of aliphatic hydroxyl groups is 1. The second-order valence-corrected chi connectivity index (χ2v) is 5.75. The standard InChI is InChI=1S/C13H27NO/c1-5-11-8-6-7-9-12(11)14(4)10-13(2,3)15/h11-12,15H,5-10H2,1-4H3. The number of nitrogens with zero attached hydrogens (tertiary/aromatic N) is 1. The lowest BCUT2D eigenvalue weighted by atomic mass is 9.82. The summed E-state index contributed by atoms with van der Waals surface area (Å²) in [6, 6.07) is 0.690. The first kappa shape index (κ1) is 13.0. The Morgan fingerprint density at radius 1 is 1.27 bits per heavy atom. The first-order valence-electron chi connectivity index (χ1n) is 6.36. The van der Waals surface area contributed by atoms with Gasteiger partial charge in [-0.25, -0.2) is 0 Å². The highest BCUT2D eigenvalue weighted by molar-refractivity contribution is 4.83. The molecular weight excluding hydrogens is 186 g/mol. The maximum atomic E-state index is 9.84. The van der Waals surface area contributed by atoms with Gasteiger partial charge in [0, 0.05) is 12.6 Å². The number of hydrogen-bond donors (Lipinski definition) is 1. The van der Waals surface area contributed by atoms with E-state index in [0.717, 1.165) is 12.5 Å². The van der Waals surface area contributed by atoms with E-state index in [1.807, 2.05) is 13.8 Å². The predicted molar refractivity (Wildman–Crippen MR) is 65.0 cm³/mol. The van der Waals surface area contributed by atoms with Crippen LogP contribution in [0.25, 0.3) is 0 Å². The molecule has 2 heteroatoms. The van der Waals surface area contributed by atoms with Crippen molar-refractivity contribution in [1.29, 1.82) is 0 Å². The van der Waals surface area contributed by atoms with Crippen LogP contribution in [0.1, 0.15) is 52.9 Å². The molecule has 2 atom stereocenters. The van der Waals surface area contributed by atoms with Crippen LogP contribution in [0.2, 0.25) is 0 Å². The van der Waals surface area contributed by atoms with Crippen LogP contribution >= 0.6 is 0 Å². The molecule has 0 radical (unpaired) electrons. The molecule has 1 aliphatic rings. The van der Waals surface area contributed by atoms with Crippen molar-refractivity contribution in [1.82, 2.24) is 4.90 Å². The van der Waals surface area contributed by atoms with Gasteiger partial charge in [0.2, 0.25) is 0 Å². The van der Waals surface area contributed by atoms with Crippen LogP contribution in [0.3, 0.4) is 0 Å². The Bertz CT molecular complexity index is 185. The summed E-state index contributed by atoms with van der Waals surface area (Å²) >= 11 is 0. The van der Waals surface area contributed by atoms with E-state index in [1.165, 1.54) is 32.1 Å². The van der Waals surface area contributed by atoms with Crippen molar-refractivity contribution in [2.24, 2.45) is 5.92 Å². The molecule has 0 aliphatic heterocycles. The Labute approximate surface area is 94.7 Å². The molecule has 1 saturated carbocycles. The second-order valence-electron chi connectivity index (χ2n) is 5.75. The SMILES string of the molecule is CCC1CCCCC1N(C)CC(C)(C)O. The van der Waals surface area contributed by atoms with E-state index >= 15 is 0 Å². The van der Waals surface area contributed by atoms with E-state index in [1.54, 1.807) is 0 Å². The van der Waals surface area contributed by atoms with E-state index in [4.69, 9.17) is 0 Å². The van der Waals surface area contributed by atoms with Crippen molar-refractivity contribution in [3.63, 3.8) is 0 Å². The van der Waals surface area contributed by atoms with Gasteiger partial charge < -0.3 is 10.0 Å². The fourth-order valence-electron chi connectivity index (χ4n) is 2.97. The minimum Gasteiger partial charge on any atom is -0.389 e. The molecule has 0 saturated heterocycles. The van der Waals surface area contributed by atoms with Crippen LogP contribution in [-0.2, 0) is 0 Å². The van der Waals surface area contributed by atoms with Gasteiger partial charge in [-0.15, -0.1) is 0 Å². The molecule has 15 heavy (non-hydrogen) atoms. The fraction of sp³-hybridized carbons (Fsp3) is 1.00. The second kappa shape index (κ2) is 5.31. The molecule has 90 valence electrons. The summed E-state index contributed by atoms with van der Waals surface area (Å²) in [6.45, 7) is 6.87. The highest BCUT2D eigenvalue weighted by atomic mass is 16.3. The van der Waals surface area contributed by atoms with Crippen LogP contribution in [-0.4, -0.2) is 35.2 Å². The van der Waals surface area contributed by atoms with Gasteiger partial charge in [0.15, 0.2) is 0 Å². The van der Waals surface area contributed by atoms with E-state index in [2.05, 4.69) is 18.9 Å². The van der Waals surface area contributed by atoms with E-state index in [0.29, 0.717) is 6.04 Å². The molecule has 1 rings (SSSR count). The third-order valence-corrected chi connectivity index (χ3v) is 3.60. The zero-order chi connectivity index (χ0) is 11.5. The molecule has 0 heterocycles. The quantitative estimate of drug-likeness (QED) is 0.776.